The zero-order valence-corrected chi connectivity index (χ0v) is 15.4. The predicted octanol–water partition coefficient (Wildman–Crippen LogP) is 2.11. The van der Waals surface area contributed by atoms with Crippen LogP contribution >= 0.6 is 0 Å². The van der Waals surface area contributed by atoms with Gasteiger partial charge in [-0.15, -0.1) is 0 Å². The number of methoxy groups -OCH3 is 1. The molecule has 0 amide bonds. The molecule has 1 aromatic carbocycles. The van der Waals surface area contributed by atoms with Gasteiger partial charge in [0.25, 0.3) is 0 Å². The molecule has 7 heteroatoms. The summed E-state index contributed by atoms with van der Waals surface area (Å²) in [5.74, 6) is 1.63. The zero-order valence-electron chi connectivity index (χ0n) is 15.4. The van der Waals surface area contributed by atoms with Crippen molar-refractivity contribution in [2.75, 3.05) is 26.8 Å². The molecule has 1 unspecified atom stereocenters. The van der Waals surface area contributed by atoms with Gasteiger partial charge in [0, 0.05) is 25.9 Å². The van der Waals surface area contributed by atoms with E-state index in [1.54, 1.807) is 7.11 Å². The van der Waals surface area contributed by atoms with Crippen molar-refractivity contribution in [3.63, 3.8) is 0 Å². The molecular weight excluding hydrogens is 330 g/mol. The molecule has 140 valence electrons. The molecule has 1 aliphatic rings. The van der Waals surface area contributed by atoms with E-state index in [0.29, 0.717) is 6.54 Å². The number of benzene rings is 1. The third-order valence-corrected chi connectivity index (χ3v) is 4.25. The van der Waals surface area contributed by atoms with Gasteiger partial charge in [-0.05, 0) is 50.1 Å². The maximum absolute atomic E-state index is 5.64. The summed E-state index contributed by atoms with van der Waals surface area (Å²) in [6, 6.07) is 9.79. The lowest BCUT2D eigenvalue weighted by atomic mass is 10.2. The van der Waals surface area contributed by atoms with Gasteiger partial charge < -0.3 is 20.1 Å². The van der Waals surface area contributed by atoms with Crippen molar-refractivity contribution >= 4 is 5.96 Å². The number of nitrogens with one attached hydrogen (secondary N) is 2. The van der Waals surface area contributed by atoms with Crippen molar-refractivity contribution in [2.24, 2.45) is 4.99 Å². The lowest BCUT2D eigenvalue weighted by Crippen LogP contribution is -2.41. The number of hydrogen-bond acceptors (Lipinski definition) is 4. The fourth-order valence-electron chi connectivity index (χ4n) is 2.84. The molecule has 0 radical (unpaired) electrons. The summed E-state index contributed by atoms with van der Waals surface area (Å²) in [7, 11) is 1.66. The highest BCUT2D eigenvalue weighted by molar-refractivity contribution is 5.79. The average Bonchev–Trinajstić information content (AvgIpc) is 3.36. The van der Waals surface area contributed by atoms with Crippen LogP contribution in [0.5, 0.6) is 5.75 Å². The number of nitrogens with zero attached hydrogens (tertiary/aromatic N) is 3. The third kappa shape index (κ3) is 4.98. The number of hydrogen-bond donors (Lipinski definition) is 2. The Morgan fingerprint density at radius 2 is 2.15 bits per heavy atom. The fourth-order valence-corrected chi connectivity index (χ4v) is 2.84. The summed E-state index contributed by atoms with van der Waals surface area (Å²) < 4.78 is 12.7. The molecule has 0 saturated carbocycles. The van der Waals surface area contributed by atoms with Gasteiger partial charge in [0.15, 0.2) is 5.96 Å². The molecule has 0 bridgehead atoms. The highest BCUT2D eigenvalue weighted by Gasteiger charge is 2.15. The lowest BCUT2D eigenvalue weighted by molar-refractivity contribution is 0.114. The van der Waals surface area contributed by atoms with Crippen LogP contribution in [0, 0.1) is 0 Å². The number of aliphatic imine (C=N–C) groups is 1. The Kier molecular flexibility index (Phi) is 6.49. The van der Waals surface area contributed by atoms with Crippen LogP contribution in [0.2, 0.25) is 0 Å². The van der Waals surface area contributed by atoms with Crippen molar-refractivity contribution in [3.8, 4) is 11.4 Å². The summed E-state index contributed by atoms with van der Waals surface area (Å²) >= 11 is 0. The Bertz CT molecular complexity index is 705. The van der Waals surface area contributed by atoms with Gasteiger partial charge in [0.2, 0.25) is 0 Å². The van der Waals surface area contributed by atoms with Gasteiger partial charge in [0.1, 0.15) is 5.75 Å². The first kappa shape index (κ1) is 18.3. The van der Waals surface area contributed by atoms with Crippen molar-refractivity contribution in [3.05, 3.63) is 42.2 Å². The molecule has 1 aliphatic heterocycles. The molecule has 0 spiro atoms. The smallest absolute Gasteiger partial charge is 0.191 e. The second kappa shape index (κ2) is 9.24. The number of rotatable bonds is 7. The van der Waals surface area contributed by atoms with E-state index in [1.807, 2.05) is 41.2 Å². The number of guanidine groups is 1. The molecule has 2 N–H and O–H groups in total. The summed E-state index contributed by atoms with van der Waals surface area (Å²) in [5, 5.41) is 11.2. The zero-order chi connectivity index (χ0) is 18.2. The largest absolute Gasteiger partial charge is 0.497 e. The average molecular weight is 357 g/mol. The topological polar surface area (TPSA) is 72.7 Å². The molecule has 2 aromatic rings. The Morgan fingerprint density at radius 1 is 1.31 bits per heavy atom. The first-order valence-corrected chi connectivity index (χ1v) is 9.11. The molecule has 1 fully saturated rings. The van der Waals surface area contributed by atoms with Crippen molar-refractivity contribution in [1.29, 1.82) is 0 Å². The summed E-state index contributed by atoms with van der Waals surface area (Å²) in [4.78, 5) is 4.62. The summed E-state index contributed by atoms with van der Waals surface area (Å²) in [5.41, 5.74) is 1.90. The molecule has 1 atom stereocenters. The van der Waals surface area contributed by atoms with E-state index in [0.717, 1.165) is 55.6 Å². The van der Waals surface area contributed by atoms with Gasteiger partial charge in [-0.2, -0.15) is 5.10 Å². The Labute approximate surface area is 154 Å². The highest BCUT2D eigenvalue weighted by atomic mass is 16.5. The first-order chi connectivity index (χ1) is 12.8. The van der Waals surface area contributed by atoms with Gasteiger partial charge in [-0.3, -0.25) is 0 Å². The number of aromatic nitrogens is 2. The van der Waals surface area contributed by atoms with Crippen LogP contribution < -0.4 is 15.4 Å². The van der Waals surface area contributed by atoms with E-state index in [9.17, 15) is 0 Å². The maximum atomic E-state index is 5.64. The van der Waals surface area contributed by atoms with E-state index >= 15 is 0 Å². The standard InChI is InChI=1S/C19H27N5O2/c1-3-20-19(22-14-18-5-4-12-26-18)21-13-15-10-11-24(23-15)16-6-8-17(25-2)9-7-16/h6-11,18H,3-5,12-14H2,1-2H3,(H2,20,21,22). The highest BCUT2D eigenvalue weighted by Crippen LogP contribution is 2.14. The van der Waals surface area contributed by atoms with Crippen LogP contribution in [0.1, 0.15) is 25.5 Å². The fraction of sp³-hybridized carbons (Fsp3) is 0.474. The lowest BCUT2D eigenvalue weighted by Gasteiger charge is -2.14. The van der Waals surface area contributed by atoms with Crippen molar-refractivity contribution in [2.45, 2.75) is 32.4 Å². The minimum absolute atomic E-state index is 0.285. The first-order valence-electron chi connectivity index (χ1n) is 9.11. The van der Waals surface area contributed by atoms with Gasteiger partial charge in [-0.25, -0.2) is 9.67 Å². The molecule has 26 heavy (non-hydrogen) atoms. The SMILES string of the molecule is CCNC(=NCc1ccn(-c2ccc(OC)cc2)n1)NCC1CCCO1. The summed E-state index contributed by atoms with van der Waals surface area (Å²) in [6.07, 6.45) is 4.48. The molecular formula is C19H27N5O2. The Hall–Kier alpha value is -2.54. The van der Waals surface area contributed by atoms with Crippen molar-refractivity contribution in [1.82, 2.24) is 20.4 Å². The van der Waals surface area contributed by atoms with E-state index in [2.05, 4.69) is 27.6 Å². The summed E-state index contributed by atoms with van der Waals surface area (Å²) in [6.45, 7) is 5.04. The molecule has 7 nitrogen and oxygen atoms in total. The van der Waals surface area contributed by atoms with E-state index in [-0.39, 0.29) is 6.10 Å². The van der Waals surface area contributed by atoms with E-state index in [4.69, 9.17) is 9.47 Å². The van der Waals surface area contributed by atoms with Crippen LogP contribution in [0.25, 0.3) is 5.69 Å². The van der Waals surface area contributed by atoms with Crippen LogP contribution in [-0.4, -0.2) is 48.7 Å². The molecule has 2 heterocycles. The maximum Gasteiger partial charge on any atom is 0.191 e. The Morgan fingerprint density at radius 3 is 2.85 bits per heavy atom. The second-order valence-electron chi connectivity index (χ2n) is 6.16. The molecule has 0 aliphatic carbocycles. The van der Waals surface area contributed by atoms with Gasteiger partial charge in [-0.1, -0.05) is 0 Å². The van der Waals surface area contributed by atoms with E-state index < -0.39 is 0 Å². The van der Waals surface area contributed by atoms with Crippen LogP contribution in [0.4, 0.5) is 0 Å². The van der Waals surface area contributed by atoms with Crippen LogP contribution in [0.15, 0.2) is 41.5 Å². The van der Waals surface area contributed by atoms with Crippen LogP contribution in [-0.2, 0) is 11.3 Å². The van der Waals surface area contributed by atoms with Gasteiger partial charge >= 0.3 is 0 Å². The normalized spacial score (nSPS) is 17.3. The monoisotopic (exact) mass is 357 g/mol. The molecule has 1 aromatic heterocycles. The van der Waals surface area contributed by atoms with Crippen molar-refractivity contribution < 1.29 is 9.47 Å². The predicted molar refractivity (Wildman–Crippen MR) is 102 cm³/mol. The second-order valence-corrected chi connectivity index (χ2v) is 6.16. The molecule has 1 saturated heterocycles. The minimum atomic E-state index is 0.285. The number of ether oxygens (including phenoxy) is 2. The van der Waals surface area contributed by atoms with Gasteiger partial charge in [0.05, 0.1) is 31.1 Å². The minimum Gasteiger partial charge on any atom is -0.497 e. The van der Waals surface area contributed by atoms with Crippen LogP contribution in [0.3, 0.4) is 0 Å². The molecule has 3 rings (SSSR count). The third-order valence-electron chi connectivity index (χ3n) is 4.25. The van der Waals surface area contributed by atoms with E-state index in [1.165, 1.54) is 0 Å². The quantitative estimate of drug-likeness (QED) is 0.587. The Balaban J connectivity index is 1.59.